The minimum Gasteiger partial charge on any atom is -0.493 e. The number of H-pyrrole nitrogens is 1. The Balaban J connectivity index is 2.18. The molecule has 0 saturated carbocycles. The summed E-state index contributed by atoms with van der Waals surface area (Å²) in [5.41, 5.74) is 2.02. The van der Waals surface area contributed by atoms with Crippen LogP contribution in [-0.2, 0) is 12.3 Å². The largest absolute Gasteiger partial charge is 0.493 e. The molecule has 1 N–H and O–H groups in total. The molecule has 18 heavy (non-hydrogen) atoms. The molecule has 2 aromatic rings. The van der Waals surface area contributed by atoms with Crippen LogP contribution in [0.5, 0.6) is 11.5 Å². The number of nitrogens with one attached hydrogen (secondary N) is 1. The van der Waals surface area contributed by atoms with Gasteiger partial charge in [0.05, 0.1) is 20.1 Å². The number of benzene rings is 1. The van der Waals surface area contributed by atoms with Gasteiger partial charge < -0.3 is 14.5 Å². The Labute approximate surface area is 111 Å². The first-order valence-electron chi connectivity index (χ1n) is 5.56. The lowest BCUT2D eigenvalue weighted by Crippen LogP contribution is -1.95. The van der Waals surface area contributed by atoms with Gasteiger partial charge in [-0.2, -0.15) is 0 Å². The second-order valence-electron chi connectivity index (χ2n) is 3.85. The molecule has 0 fully saturated rings. The molecule has 0 bridgehead atoms. The average Bonchev–Trinajstić information content (AvgIpc) is 2.86. The van der Waals surface area contributed by atoms with Gasteiger partial charge in [0.15, 0.2) is 11.5 Å². The molecule has 0 aliphatic carbocycles. The third kappa shape index (κ3) is 2.76. The predicted molar refractivity (Wildman–Crippen MR) is 70.5 cm³/mol. The molecule has 0 aliphatic rings. The van der Waals surface area contributed by atoms with E-state index in [0.717, 1.165) is 28.6 Å². The molecule has 5 heteroatoms. The quantitative estimate of drug-likeness (QED) is 0.847. The van der Waals surface area contributed by atoms with Crippen LogP contribution in [-0.4, -0.2) is 24.2 Å². The van der Waals surface area contributed by atoms with Gasteiger partial charge in [0.2, 0.25) is 0 Å². The van der Waals surface area contributed by atoms with Crippen molar-refractivity contribution in [3.8, 4) is 11.5 Å². The molecule has 0 radical (unpaired) electrons. The lowest BCUT2D eigenvalue weighted by molar-refractivity contribution is 0.354. The van der Waals surface area contributed by atoms with Crippen molar-refractivity contribution in [1.29, 1.82) is 0 Å². The summed E-state index contributed by atoms with van der Waals surface area (Å²) in [7, 11) is 3.25. The van der Waals surface area contributed by atoms with Gasteiger partial charge in [-0.3, -0.25) is 0 Å². The fourth-order valence-corrected chi connectivity index (χ4v) is 1.88. The summed E-state index contributed by atoms with van der Waals surface area (Å²) in [6.45, 7) is 0. The van der Waals surface area contributed by atoms with Crippen LogP contribution in [0.4, 0.5) is 0 Å². The SMILES string of the molecule is COc1ccc(Cc2ncc(CCl)[nH]2)cc1OC. The lowest BCUT2D eigenvalue weighted by Gasteiger charge is -2.08. The van der Waals surface area contributed by atoms with Crippen LogP contribution in [0.15, 0.2) is 24.4 Å². The maximum Gasteiger partial charge on any atom is 0.161 e. The molecule has 0 atom stereocenters. The van der Waals surface area contributed by atoms with Crippen molar-refractivity contribution in [2.75, 3.05) is 14.2 Å². The average molecular weight is 267 g/mol. The number of halogens is 1. The van der Waals surface area contributed by atoms with Gasteiger partial charge in [0.25, 0.3) is 0 Å². The third-order valence-electron chi connectivity index (χ3n) is 2.64. The van der Waals surface area contributed by atoms with E-state index in [1.807, 2.05) is 18.2 Å². The minimum atomic E-state index is 0.443. The number of aromatic nitrogens is 2. The number of aromatic amines is 1. The third-order valence-corrected chi connectivity index (χ3v) is 2.93. The van der Waals surface area contributed by atoms with Gasteiger partial charge in [0.1, 0.15) is 5.82 Å². The fourth-order valence-electron chi connectivity index (χ4n) is 1.75. The predicted octanol–water partition coefficient (Wildman–Crippen LogP) is 2.76. The number of imidazole rings is 1. The van der Waals surface area contributed by atoms with Crippen LogP contribution < -0.4 is 9.47 Å². The molecule has 1 aromatic heterocycles. The van der Waals surface area contributed by atoms with E-state index < -0.39 is 0 Å². The van der Waals surface area contributed by atoms with E-state index in [-0.39, 0.29) is 0 Å². The highest BCUT2D eigenvalue weighted by atomic mass is 35.5. The molecule has 4 nitrogen and oxygen atoms in total. The van der Waals surface area contributed by atoms with E-state index >= 15 is 0 Å². The Bertz CT molecular complexity index is 525. The number of alkyl halides is 1. The van der Waals surface area contributed by atoms with E-state index in [9.17, 15) is 0 Å². The number of nitrogens with zero attached hydrogens (tertiary/aromatic N) is 1. The first kappa shape index (κ1) is 12.8. The van der Waals surface area contributed by atoms with Gasteiger partial charge in [-0.1, -0.05) is 6.07 Å². The summed E-state index contributed by atoms with van der Waals surface area (Å²) in [6, 6.07) is 5.82. The summed E-state index contributed by atoms with van der Waals surface area (Å²) in [4.78, 5) is 7.43. The van der Waals surface area contributed by atoms with Gasteiger partial charge in [-0.05, 0) is 17.7 Å². The molecule has 1 aromatic carbocycles. The maximum absolute atomic E-state index is 5.72. The van der Waals surface area contributed by atoms with Crippen LogP contribution >= 0.6 is 11.6 Å². The molecule has 0 saturated heterocycles. The summed E-state index contributed by atoms with van der Waals surface area (Å²) >= 11 is 5.72. The van der Waals surface area contributed by atoms with Gasteiger partial charge in [0, 0.05) is 18.3 Å². The molecule has 0 aliphatic heterocycles. The molecular weight excluding hydrogens is 252 g/mol. The zero-order valence-corrected chi connectivity index (χ0v) is 11.1. The van der Waals surface area contributed by atoms with Crippen molar-refractivity contribution in [3.05, 3.63) is 41.5 Å². The second-order valence-corrected chi connectivity index (χ2v) is 4.12. The Morgan fingerprint density at radius 2 is 2.00 bits per heavy atom. The maximum atomic E-state index is 5.72. The van der Waals surface area contributed by atoms with E-state index in [1.165, 1.54) is 0 Å². The molecule has 0 spiro atoms. The molecular formula is C13H15ClN2O2. The lowest BCUT2D eigenvalue weighted by atomic mass is 10.1. The topological polar surface area (TPSA) is 47.1 Å². The Morgan fingerprint density at radius 3 is 2.61 bits per heavy atom. The van der Waals surface area contributed by atoms with Crippen LogP contribution in [0, 0.1) is 0 Å². The van der Waals surface area contributed by atoms with Gasteiger partial charge in [-0.25, -0.2) is 4.98 Å². The van der Waals surface area contributed by atoms with Crippen molar-refractivity contribution < 1.29 is 9.47 Å². The summed E-state index contributed by atoms with van der Waals surface area (Å²) in [6.07, 6.45) is 2.46. The summed E-state index contributed by atoms with van der Waals surface area (Å²) in [5.74, 6) is 2.78. The van der Waals surface area contributed by atoms with Crippen molar-refractivity contribution in [1.82, 2.24) is 9.97 Å². The van der Waals surface area contributed by atoms with Crippen LogP contribution in [0.25, 0.3) is 0 Å². The number of methoxy groups -OCH3 is 2. The fraction of sp³-hybridized carbons (Fsp3) is 0.308. The molecule has 96 valence electrons. The Morgan fingerprint density at radius 1 is 1.22 bits per heavy atom. The Kier molecular flexibility index (Phi) is 4.10. The number of ether oxygens (including phenoxy) is 2. The van der Waals surface area contributed by atoms with E-state index in [2.05, 4.69) is 9.97 Å². The van der Waals surface area contributed by atoms with Crippen molar-refractivity contribution in [3.63, 3.8) is 0 Å². The van der Waals surface area contributed by atoms with Crippen LogP contribution in [0.1, 0.15) is 17.1 Å². The summed E-state index contributed by atoms with van der Waals surface area (Å²) < 4.78 is 10.5. The van der Waals surface area contributed by atoms with Gasteiger partial charge >= 0.3 is 0 Å². The Hall–Kier alpha value is -1.68. The molecule has 0 amide bonds. The van der Waals surface area contributed by atoms with Crippen LogP contribution in [0.3, 0.4) is 0 Å². The minimum absolute atomic E-state index is 0.443. The second kappa shape index (κ2) is 5.78. The smallest absolute Gasteiger partial charge is 0.161 e. The number of rotatable bonds is 5. The van der Waals surface area contributed by atoms with Crippen molar-refractivity contribution in [2.24, 2.45) is 0 Å². The first-order chi connectivity index (χ1) is 8.76. The normalized spacial score (nSPS) is 10.4. The first-order valence-corrected chi connectivity index (χ1v) is 6.10. The highest BCUT2D eigenvalue weighted by Gasteiger charge is 2.06. The highest BCUT2D eigenvalue weighted by Crippen LogP contribution is 2.28. The zero-order chi connectivity index (χ0) is 13.0. The number of hydrogen-bond donors (Lipinski definition) is 1. The van der Waals surface area contributed by atoms with E-state index in [1.54, 1.807) is 20.4 Å². The molecule has 1 heterocycles. The van der Waals surface area contributed by atoms with Crippen molar-refractivity contribution in [2.45, 2.75) is 12.3 Å². The van der Waals surface area contributed by atoms with E-state index in [0.29, 0.717) is 12.3 Å². The highest BCUT2D eigenvalue weighted by molar-refractivity contribution is 6.16. The molecule has 2 rings (SSSR count). The standard InChI is InChI=1S/C13H15ClN2O2/c1-17-11-4-3-9(5-12(11)18-2)6-13-15-8-10(7-14)16-13/h3-5,8H,6-7H2,1-2H3,(H,15,16). The van der Waals surface area contributed by atoms with Crippen LogP contribution in [0.2, 0.25) is 0 Å². The molecule has 0 unspecified atom stereocenters. The van der Waals surface area contributed by atoms with Gasteiger partial charge in [-0.15, -0.1) is 11.6 Å². The monoisotopic (exact) mass is 266 g/mol. The van der Waals surface area contributed by atoms with E-state index in [4.69, 9.17) is 21.1 Å². The number of hydrogen-bond acceptors (Lipinski definition) is 3. The summed E-state index contributed by atoms with van der Waals surface area (Å²) in [5, 5.41) is 0. The zero-order valence-electron chi connectivity index (χ0n) is 10.4. The van der Waals surface area contributed by atoms with Crippen molar-refractivity contribution >= 4 is 11.6 Å².